The lowest BCUT2D eigenvalue weighted by atomic mass is 10.2. The summed E-state index contributed by atoms with van der Waals surface area (Å²) in [5.41, 5.74) is 1.40. The molecular formula is C17H13FN2O2S. The molecule has 0 atom stereocenters. The molecule has 23 heavy (non-hydrogen) atoms. The van der Waals surface area contributed by atoms with Crippen molar-refractivity contribution in [2.24, 2.45) is 4.99 Å². The van der Waals surface area contributed by atoms with E-state index < -0.39 is 0 Å². The number of nitrogens with zero attached hydrogens (tertiary/aromatic N) is 2. The zero-order chi connectivity index (χ0) is 16.4. The van der Waals surface area contributed by atoms with Crippen LogP contribution in [0.2, 0.25) is 0 Å². The van der Waals surface area contributed by atoms with Crippen molar-refractivity contribution < 1.29 is 14.3 Å². The van der Waals surface area contributed by atoms with Crippen LogP contribution >= 0.6 is 11.8 Å². The van der Waals surface area contributed by atoms with E-state index in [2.05, 4.69) is 4.99 Å². The minimum absolute atomic E-state index is 0.149. The molecule has 0 saturated carbocycles. The normalized spacial score (nSPS) is 18.2. The van der Waals surface area contributed by atoms with Crippen LogP contribution < -0.4 is 0 Å². The van der Waals surface area contributed by atoms with Crippen molar-refractivity contribution in [1.29, 1.82) is 0 Å². The Labute approximate surface area is 137 Å². The number of aliphatic imine (C=N–C) groups is 1. The molecule has 1 N–H and O–H groups in total. The van der Waals surface area contributed by atoms with Gasteiger partial charge >= 0.3 is 0 Å². The molecule has 1 aliphatic heterocycles. The van der Waals surface area contributed by atoms with Gasteiger partial charge in [0.1, 0.15) is 11.6 Å². The average molecular weight is 328 g/mol. The molecule has 6 heteroatoms. The molecule has 0 aliphatic carbocycles. The van der Waals surface area contributed by atoms with Crippen molar-refractivity contribution in [2.75, 3.05) is 7.05 Å². The molecule has 1 fully saturated rings. The predicted octanol–water partition coefficient (Wildman–Crippen LogP) is 3.77. The van der Waals surface area contributed by atoms with Crippen LogP contribution in [0.1, 0.15) is 5.56 Å². The molecule has 0 aromatic heterocycles. The summed E-state index contributed by atoms with van der Waals surface area (Å²) >= 11 is 1.26. The minimum atomic E-state index is -0.328. The third-order valence-corrected chi connectivity index (χ3v) is 4.31. The molecule has 116 valence electrons. The first-order valence-electron chi connectivity index (χ1n) is 6.84. The number of hydrogen-bond donors (Lipinski definition) is 1. The Morgan fingerprint density at radius 1 is 1.13 bits per heavy atom. The summed E-state index contributed by atoms with van der Waals surface area (Å²) < 4.78 is 12.9. The average Bonchev–Trinajstić information content (AvgIpc) is 2.80. The number of amides is 1. The number of carbonyl (C=O) groups excluding carboxylic acids is 1. The highest BCUT2D eigenvalue weighted by Gasteiger charge is 2.30. The third kappa shape index (κ3) is 3.43. The van der Waals surface area contributed by atoms with Crippen LogP contribution in [0.25, 0.3) is 6.08 Å². The summed E-state index contributed by atoms with van der Waals surface area (Å²) in [6.07, 6.45) is 1.75. The van der Waals surface area contributed by atoms with Crippen LogP contribution in [0.15, 0.2) is 58.4 Å². The fourth-order valence-corrected chi connectivity index (χ4v) is 2.99. The predicted molar refractivity (Wildman–Crippen MR) is 89.9 cm³/mol. The van der Waals surface area contributed by atoms with E-state index >= 15 is 0 Å². The summed E-state index contributed by atoms with van der Waals surface area (Å²) in [4.78, 5) is 18.7. The Hall–Kier alpha value is -2.60. The minimum Gasteiger partial charge on any atom is -0.508 e. The largest absolute Gasteiger partial charge is 0.508 e. The number of halogens is 1. The summed E-state index contributed by atoms with van der Waals surface area (Å²) in [7, 11) is 1.65. The Morgan fingerprint density at radius 3 is 2.43 bits per heavy atom. The van der Waals surface area contributed by atoms with Gasteiger partial charge in [0.25, 0.3) is 5.91 Å². The summed E-state index contributed by atoms with van der Waals surface area (Å²) in [5.74, 6) is -0.303. The first-order chi connectivity index (χ1) is 11.0. The van der Waals surface area contributed by atoms with Crippen molar-refractivity contribution in [3.8, 4) is 5.75 Å². The van der Waals surface area contributed by atoms with Gasteiger partial charge in [-0.1, -0.05) is 12.1 Å². The number of amidine groups is 1. The number of rotatable bonds is 2. The van der Waals surface area contributed by atoms with Gasteiger partial charge in [0, 0.05) is 7.05 Å². The lowest BCUT2D eigenvalue weighted by Gasteiger charge is -2.06. The summed E-state index contributed by atoms with van der Waals surface area (Å²) in [5, 5.41) is 9.82. The van der Waals surface area contributed by atoms with Crippen LogP contribution in [0.4, 0.5) is 10.1 Å². The fraction of sp³-hybridized carbons (Fsp3) is 0.0588. The number of phenolic OH excluding ortho intramolecular Hbond substituents is 1. The van der Waals surface area contributed by atoms with Crippen molar-refractivity contribution in [2.45, 2.75) is 0 Å². The van der Waals surface area contributed by atoms with Gasteiger partial charge in [-0.3, -0.25) is 9.69 Å². The van der Waals surface area contributed by atoms with E-state index in [0.717, 1.165) is 5.56 Å². The molecule has 1 aliphatic rings. The van der Waals surface area contributed by atoms with Crippen LogP contribution in [0, 0.1) is 5.82 Å². The number of thioether (sulfide) groups is 1. The summed E-state index contributed by atoms with van der Waals surface area (Å²) in [6, 6.07) is 12.4. The van der Waals surface area contributed by atoms with Crippen LogP contribution in [-0.2, 0) is 4.79 Å². The molecule has 0 radical (unpaired) electrons. The van der Waals surface area contributed by atoms with Gasteiger partial charge in [-0.25, -0.2) is 9.38 Å². The zero-order valence-corrected chi connectivity index (χ0v) is 13.0. The van der Waals surface area contributed by atoms with Gasteiger partial charge in [0.15, 0.2) is 5.17 Å². The van der Waals surface area contributed by atoms with E-state index in [-0.39, 0.29) is 17.5 Å². The standard InChI is InChI=1S/C17H13FN2O2S/c1-20-16(22)15(10-11-2-8-14(21)9-3-11)23-17(20)19-13-6-4-12(18)5-7-13/h2-10,21H,1H3/b15-10+,19-17?. The first-order valence-corrected chi connectivity index (χ1v) is 7.65. The van der Waals surface area contributed by atoms with E-state index in [1.807, 2.05) is 0 Å². The van der Waals surface area contributed by atoms with E-state index in [4.69, 9.17) is 0 Å². The van der Waals surface area contributed by atoms with Gasteiger partial charge in [-0.15, -0.1) is 0 Å². The zero-order valence-electron chi connectivity index (χ0n) is 12.2. The number of phenols is 1. The maximum Gasteiger partial charge on any atom is 0.266 e. The van der Waals surface area contributed by atoms with Gasteiger partial charge in [0.2, 0.25) is 0 Å². The molecule has 2 aromatic rings. The van der Waals surface area contributed by atoms with Crippen LogP contribution in [0.3, 0.4) is 0 Å². The van der Waals surface area contributed by atoms with E-state index in [1.54, 1.807) is 49.5 Å². The number of hydrogen-bond acceptors (Lipinski definition) is 4. The number of carbonyl (C=O) groups is 1. The molecule has 4 nitrogen and oxygen atoms in total. The molecule has 1 heterocycles. The lowest BCUT2D eigenvalue weighted by Crippen LogP contribution is -2.23. The molecule has 0 bridgehead atoms. The molecule has 1 saturated heterocycles. The molecule has 0 unspecified atom stereocenters. The molecule has 2 aromatic carbocycles. The van der Waals surface area contributed by atoms with Crippen LogP contribution in [-0.4, -0.2) is 28.1 Å². The monoisotopic (exact) mass is 328 g/mol. The first kappa shape index (κ1) is 15.3. The number of benzene rings is 2. The molecular weight excluding hydrogens is 315 g/mol. The van der Waals surface area contributed by atoms with E-state index in [0.29, 0.717) is 15.8 Å². The van der Waals surface area contributed by atoms with Gasteiger partial charge in [-0.05, 0) is 59.8 Å². The van der Waals surface area contributed by atoms with Crippen molar-refractivity contribution in [3.05, 3.63) is 64.8 Å². The highest BCUT2D eigenvalue weighted by molar-refractivity contribution is 8.18. The highest BCUT2D eigenvalue weighted by Crippen LogP contribution is 2.33. The summed E-state index contributed by atoms with van der Waals surface area (Å²) in [6.45, 7) is 0. The van der Waals surface area contributed by atoms with Crippen molar-refractivity contribution >= 4 is 34.6 Å². The second-order valence-electron chi connectivity index (χ2n) is 4.94. The van der Waals surface area contributed by atoms with Gasteiger partial charge < -0.3 is 5.11 Å². The van der Waals surface area contributed by atoms with Crippen molar-refractivity contribution in [3.63, 3.8) is 0 Å². The van der Waals surface area contributed by atoms with E-state index in [1.165, 1.54) is 28.8 Å². The Balaban J connectivity index is 1.87. The molecule has 1 amide bonds. The number of likely N-dealkylation sites (N-methyl/N-ethyl adjacent to an activating group) is 1. The smallest absolute Gasteiger partial charge is 0.266 e. The fourth-order valence-electron chi connectivity index (χ4n) is 2.00. The quantitative estimate of drug-likeness (QED) is 0.854. The van der Waals surface area contributed by atoms with Gasteiger partial charge in [0.05, 0.1) is 10.6 Å². The molecule has 0 spiro atoms. The molecule has 3 rings (SSSR count). The van der Waals surface area contributed by atoms with Crippen molar-refractivity contribution in [1.82, 2.24) is 4.90 Å². The second kappa shape index (κ2) is 6.26. The third-order valence-electron chi connectivity index (χ3n) is 3.25. The lowest BCUT2D eigenvalue weighted by molar-refractivity contribution is -0.121. The topological polar surface area (TPSA) is 52.9 Å². The van der Waals surface area contributed by atoms with Crippen LogP contribution in [0.5, 0.6) is 5.75 Å². The highest BCUT2D eigenvalue weighted by atomic mass is 32.2. The number of aromatic hydroxyl groups is 1. The SMILES string of the molecule is CN1C(=O)/C(=C\c2ccc(O)cc2)SC1=Nc1ccc(F)cc1. The Bertz CT molecular complexity index is 798. The van der Waals surface area contributed by atoms with E-state index in [9.17, 15) is 14.3 Å². The maximum atomic E-state index is 12.9. The van der Waals surface area contributed by atoms with Gasteiger partial charge in [-0.2, -0.15) is 0 Å². The second-order valence-corrected chi connectivity index (χ2v) is 5.95. The Morgan fingerprint density at radius 2 is 1.78 bits per heavy atom. The Kier molecular flexibility index (Phi) is 4.16. The maximum absolute atomic E-state index is 12.9.